The summed E-state index contributed by atoms with van der Waals surface area (Å²) >= 11 is 0. The summed E-state index contributed by atoms with van der Waals surface area (Å²) in [6.07, 6.45) is 4.16. The Morgan fingerprint density at radius 3 is 2.50 bits per heavy atom. The normalized spacial score (nSPS) is 19.2. The van der Waals surface area contributed by atoms with Gasteiger partial charge in [-0.1, -0.05) is 55.8 Å². The van der Waals surface area contributed by atoms with Gasteiger partial charge >= 0.3 is 0 Å². The second-order valence-corrected chi connectivity index (χ2v) is 8.06. The third-order valence-electron chi connectivity index (χ3n) is 5.92. The van der Waals surface area contributed by atoms with Gasteiger partial charge in [0, 0.05) is 11.1 Å². The van der Waals surface area contributed by atoms with Crippen LogP contribution in [-0.4, -0.2) is 18.7 Å². The number of hydrogen-bond acceptors (Lipinski definition) is 5. The van der Waals surface area contributed by atoms with Crippen molar-refractivity contribution < 1.29 is 14.2 Å². The van der Waals surface area contributed by atoms with Crippen molar-refractivity contribution in [3.05, 3.63) is 95.6 Å². The molecule has 5 heteroatoms. The monoisotopic (exact) mass is 428 g/mol. The Labute approximate surface area is 189 Å². The zero-order chi connectivity index (χ0) is 21.9. The number of rotatable bonds is 7. The highest BCUT2D eigenvalue weighted by Gasteiger charge is 2.40. The number of ether oxygens (including phenoxy) is 3. The van der Waals surface area contributed by atoms with E-state index < -0.39 is 0 Å². The quantitative estimate of drug-likeness (QED) is 0.477. The second-order valence-electron chi connectivity index (χ2n) is 8.06. The predicted molar refractivity (Wildman–Crippen MR) is 125 cm³/mol. The van der Waals surface area contributed by atoms with Gasteiger partial charge in [0.05, 0.1) is 25.5 Å². The molecule has 5 nitrogen and oxygen atoms in total. The molecule has 0 saturated heterocycles. The Morgan fingerprint density at radius 2 is 1.75 bits per heavy atom. The number of fused-ring (bicyclic) bond motifs is 3. The van der Waals surface area contributed by atoms with Crippen molar-refractivity contribution in [1.82, 2.24) is 10.4 Å². The molecule has 0 radical (unpaired) electrons. The van der Waals surface area contributed by atoms with Crippen LogP contribution in [0.3, 0.4) is 0 Å². The van der Waals surface area contributed by atoms with Crippen molar-refractivity contribution in [2.24, 2.45) is 0 Å². The van der Waals surface area contributed by atoms with Crippen LogP contribution in [-0.2, 0) is 0 Å². The number of hydrazine groups is 1. The number of hydrogen-bond donors (Lipinski definition) is 1. The number of nitrogens with zero attached hydrogens (tertiary/aromatic N) is 1. The summed E-state index contributed by atoms with van der Waals surface area (Å²) in [6, 6.07) is 24.6. The van der Waals surface area contributed by atoms with Crippen molar-refractivity contribution in [2.75, 3.05) is 13.7 Å². The molecular formula is C27H28N2O3. The fraction of sp³-hybridized carbons (Fsp3) is 0.259. The molecule has 2 heterocycles. The van der Waals surface area contributed by atoms with E-state index in [4.69, 9.17) is 14.2 Å². The smallest absolute Gasteiger partial charge is 0.195 e. The van der Waals surface area contributed by atoms with E-state index in [1.807, 2.05) is 30.3 Å². The van der Waals surface area contributed by atoms with E-state index in [1.165, 1.54) is 0 Å². The maximum absolute atomic E-state index is 6.49. The Hall–Kier alpha value is -3.44. The largest absolute Gasteiger partial charge is 0.497 e. The predicted octanol–water partition coefficient (Wildman–Crippen LogP) is 5.87. The highest BCUT2D eigenvalue weighted by Crippen LogP contribution is 2.47. The standard InChI is InChI=1S/C27H28N2O3/c1-3-4-16-31-21-12-10-20(11-13-21)27-29-25(18-24(28-29)19-8-6-5-7-9-19)23-17-22(30-2)14-15-26(23)32-27/h5-15,17-18,25,27-28H,3-4,16H2,1-2H3/t25-,27+/m0/s1. The van der Waals surface area contributed by atoms with Gasteiger partial charge in [-0.2, -0.15) is 5.01 Å². The number of unbranched alkanes of at least 4 members (excludes halogenated alkanes) is 1. The Balaban J connectivity index is 1.47. The van der Waals surface area contributed by atoms with Crippen LogP contribution in [0.15, 0.2) is 78.9 Å². The average molecular weight is 429 g/mol. The van der Waals surface area contributed by atoms with E-state index in [0.29, 0.717) is 0 Å². The molecule has 0 saturated carbocycles. The van der Waals surface area contributed by atoms with Crippen molar-refractivity contribution >= 4 is 5.70 Å². The lowest BCUT2D eigenvalue weighted by Gasteiger charge is -2.39. The molecule has 0 fully saturated rings. The molecule has 0 unspecified atom stereocenters. The van der Waals surface area contributed by atoms with E-state index in [9.17, 15) is 0 Å². The minimum Gasteiger partial charge on any atom is -0.497 e. The molecule has 2 atom stereocenters. The van der Waals surface area contributed by atoms with E-state index in [-0.39, 0.29) is 12.3 Å². The van der Waals surface area contributed by atoms with Crippen LogP contribution in [0.25, 0.3) is 5.70 Å². The number of benzene rings is 3. The first kappa shape index (κ1) is 20.5. The van der Waals surface area contributed by atoms with Gasteiger partial charge in [0.1, 0.15) is 17.2 Å². The SMILES string of the molecule is CCCCOc1ccc([C@H]2Oc3ccc(OC)cc3[C@@H]3C=C(c4ccccc4)NN23)cc1. The van der Waals surface area contributed by atoms with Crippen LogP contribution >= 0.6 is 0 Å². The molecule has 3 aromatic carbocycles. The van der Waals surface area contributed by atoms with Crippen LogP contribution in [0.4, 0.5) is 0 Å². The molecule has 5 rings (SSSR count). The minimum absolute atomic E-state index is 0.0227. The molecule has 2 aliphatic rings. The first-order valence-corrected chi connectivity index (χ1v) is 11.2. The summed E-state index contributed by atoms with van der Waals surface area (Å²) in [5.41, 5.74) is 7.95. The van der Waals surface area contributed by atoms with Gasteiger partial charge in [0.25, 0.3) is 0 Å². The van der Waals surface area contributed by atoms with E-state index in [1.54, 1.807) is 7.11 Å². The van der Waals surface area contributed by atoms with Crippen molar-refractivity contribution in [1.29, 1.82) is 0 Å². The van der Waals surface area contributed by atoms with Gasteiger partial charge in [-0.3, -0.25) is 0 Å². The molecule has 164 valence electrons. The second kappa shape index (κ2) is 8.97. The molecular weight excluding hydrogens is 400 g/mol. The fourth-order valence-electron chi connectivity index (χ4n) is 4.17. The zero-order valence-corrected chi connectivity index (χ0v) is 18.5. The molecule has 0 spiro atoms. The van der Waals surface area contributed by atoms with Gasteiger partial charge in [0.15, 0.2) is 6.23 Å². The van der Waals surface area contributed by atoms with Crippen LogP contribution in [0.1, 0.15) is 48.7 Å². The lowest BCUT2D eigenvalue weighted by Crippen LogP contribution is -2.43. The highest BCUT2D eigenvalue weighted by molar-refractivity contribution is 5.67. The third-order valence-corrected chi connectivity index (χ3v) is 5.92. The summed E-state index contributed by atoms with van der Waals surface area (Å²) < 4.78 is 17.8. The lowest BCUT2D eigenvalue weighted by molar-refractivity contribution is -0.0327. The summed E-state index contributed by atoms with van der Waals surface area (Å²) in [6.45, 7) is 2.91. The van der Waals surface area contributed by atoms with Gasteiger partial charge in [-0.15, -0.1) is 0 Å². The molecule has 2 aliphatic heterocycles. The maximum Gasteiger partial charge on any atom is 0.195 e. The topological polar surface area (TPSA) is 43.0 Å². The van der Waals surface area contributed by atoms with E-state index in [2.05, 4.69) is 65.9 Å². The number of methoxy groups -OCH3 is 1. The minimum atomic E-state index is -0.275. The van der Waals surface area contributed by atoms with Gasteiger partial charge in [0.2, 0.25) is 0 Å². The third kappa shape index (κ3) is 3.92. The molecule has 0 amide bonds. The first-order chi connectivity index (χ1) is 15.8. The number of nitrogens with one attached hydrogen (secondary N) is 1. The van der Waals surface area contributed by atoms with Crippen LogP contribution in [0.2, 0.25) is 0 Å². The Bertz CT molecular complexity index is 1100. The van der Waals surface area contributed by atoms with E-state index in [0.717, 1.165) is 59.1 Å². The summed E-state index contributed by atoms with van der Waals surface area (Å²) in [7, 11) is 1.69. The molecule has 0 aromatic heterocycles. The van der Waals surface area contributed by atoms with Crippen molar-refractivity contribution in [2.45, 2.75) is 32.0 Å². The first-order valence-electron chi connectivity index (χ1n) is 11.2. The zero-order valence-electron chi connectivity index (χ0n) is 18.5. The van der Waals surface area contributed by atoms with Gasteiger partial charge < -0.3 is 19.6 Å². The van der Waals surface area contributed by atoms with E-state index >= 15 is 0 Å². The Kier molecular flexibility index (Phi) is 5.73. The average Bonchev–Trinajstić information content (AvgIpc) is 3.30. The van der Waals surface area contributed by atoms with Crippen LogP contribution < -0.4 is 19.6 Å². The molecule has 1 N–H and O–H groups in total. The molecule has 0 bridgehead atoms. The van der Waals surface area contributed by atoms with Crippen LogP contribution in [0.5, 0.6) is 17.2 Å². The summed E-state index contributed by atoms with van der Waals surface area (Å²) in [5.74, 6) is 2.57. The van der Waals surface area contributed by atoms with Crippen LogP contribution in [0, 0.1) is 0 Å². The summed E-state index contributed by atoms with van der Waals surface area (Å²) in [5, 5.41) is 2.16. The molecule has 3 aromatic rings. The van der Waals surface area contributed by atoms with Crippen molar-refractivity contribution in [3.8, 4) is 17.2 Å². The lowest BCUT2D eigenvalue weighted by atomic mass is 10.0. The van der Waals surface area contributed by atoms with Gasteiger partial charge in [-0.05, 0) is 48.4 Å². The maximum atomic E-state index is 6.49. The molecule has 0 aliphatic carbocycles. The van der Waals surface area contributed by atoms with Gasteiger partial charge in [-0.25, -0.2) is 0 Å². The fourth-order valence-corrected chi connectivity index (χ4v) is 4.17. The summed E-state index contributed by atoms with van der Waals surface area (Å²) in [4.78, 5) is 0. The molecule has 32 heavy (non-hydrogen) atoms. The van der Waals surface area contributed by atoms with Crippen molar-refractivity contribution in [3.63, 3.8) is 0 Å². The Morgan fingerprint density at radius 1 is 0.969 bits per heavy atom. The highest BCUT2D eigenvalue weighted by atomic mass is 16.5.